The fourth-order valence-corrected chi connectivity index (χ4v) is 2.90. The molecule has 0 radical (unpaired) electrons. The zero-order valence-corrected chi connectivity index (χ0v) is 14.7. The number of fused-ring (bicyclic) bond motifs is 1. The molecule has 2 aromatic heterocycles. The van der Waals surface area contributed by atoms with Gasteiger partial charge in [-0.05, 0) is 62.6 Å². The van der Waals surface area contributed by atoms with Crippen LogP contribution >= 0.6 is 0 Å². The molecule has 0 saturated heterocycles. The largest absolute Gasteiger partial charge is 0.356 e. The third-order valence-electron chi connectivity index (χ3n) is 4.36. The number of carbonyl (C=O) groups excluding carboxylic acids is 1. The molecular weight excluding hydrogens is 298 g/mol. The monoisotopic (exact) mass is 321 g/mol. The van der Waals surface area contributed by atoms with Crippen LogP contribution in [0.2, 0.25) is 0 Å². The van der Waals surface area contributed by atoms with Crippen molar-refractivity contribution >= 4 is 11.6 Å². The van der Waals surface area contributed by atoms with Crippen molar-refractivity contribution in [2.45, 2.75) is 34.1 Å². The van der Waals surface area contributed by atoms with Gasteiger partial charge in [-0.25, -0.2) is 4.98 Å². The molecule has 3 rings (SSSR count). The molecule has 0 spiro atoms. The van der Waals surface area contributed by atoms with Crippen LogP contribution in [0.3, 0.4) is 0 Å². The van der Waals surface area contributed by atoms with Crippen molar-refractivity contribution in [3.63, 3.8) is 0 Å². The Morgan fingerprint density at radius 3 is 2.62 bits per heavy atom. The smallest absolute Gasteiger partial charge is 0.226 e. The van der Waals surface area contributed by atoms with E-state index in [0.29, 0.717) is 13.0 Å². The molecule has 0 aliphatic rings. The van der Waals surface area contributed by atoms with Crippen LogP contribution in [0.25, 0.3) is 16.9 Å². The molecule has 0 unspecified atom stereocenters. The average Bonchev–Trinajstić information content (AvgIpc) is 2.88. The molecule has 0 atom stereocenters. The summed E-state index contributed by atoms with van der Waals surface area (Å²) in [5.41, 5.74) is 7.38. The number of aromatic nitrogens is 2. The Hall–Kier alpha value is -2.62. The summed E-state index contributed by atoms with van der Waals surface area (Å²) in [6, 6.07) is 10.4. The number of rotatable bonds is 4. The number of aryl methyl sites for hydroxylation is 3. The van der Waals surface area contributed by atoms with Crippen molar-refractivity contribution < 1.29 is 4.79 Å². The number of hydrogen-bond donors (Lipinski definition) is 1. The van der Waals surface area contributed by atoms with Crippen molar-refractivity contribution in [2.75, 3.05) is 6.54 Å². The molecular formula is C20H23N3O. The molecule has 0 fully saturated rings. The van der Waals surface area contributed by atoms with Crippen LogP contribution in [0.4, 0.5) is 0 Å². The van der Waals surface area contributed by atoms with Gasteiger partial charge in [-0.2, -0.15) is 0 Å². The van der Waals surface area contributed by atoms with Crippen LogP contribution < -0.4 is 5.32 Å². The van der Waals surface area contributed by atoms with Gasteiger partial charge in [0.15, 0.2) is 0 Å². The average molecular weight is 321 g/mol. The number of imidazole rings is 1. The number of pyridine rings is 1. The fourth-order valence-electron chi connectivity index (χ4n) is 2.90. The quantitative estimate of drug-likeness (QED) is 0.798. The van der Waals surface area contributed by atoms with E-state index in [1.54, 1.807) is 0 Å². The second-order valence-corrected chi connectivity index (χ2v) is 6.27. The lowest BCUT2D eigenvalue weighted by molar-refractivity contribution is -0.120. The molecule has 2 heterocycles. The van der Waals surface area contributed by atoms with Gasteiger partial charge in [0.2, 0.25) is 5.91 Å². The number of nitrogens with one attached hydrogen (secondary N) is 1. The summed E-state index contributed by atoms with van der Waals surface area (Å²) in [6.45, 7) is 8.81. The summed E-state index contributed by atoms with van der Waals surface area (Å²) in [5.74, 6) is 0.0185. The topological polar surface area (TPSA) is 46.4 Å². The zero-order valence-electron chi connectivity index (χ0n) is 14.7. The van der Waals surface area contributed by atoms with E-state index in [1.807, 2.05) is 36.6 Å². The van der Waals surface area contributed by atoms with Gasteiger partial charge in [-0.1, -0.05) is 12.1 Å². The highest BCUT2D eigenvalue weighted by atomic mass is 16.1. The molecule has 1 aromatic carbocycles. The molecule has 1 N–H and O–H groups in total. The van der Waals surface area contributed by atoms with Crippen LogP contribution in [0.1, 0.15) is 29.3 Å². The van der Waals surface area contributed by atoms with Crippen molar-refractivity contribution in [1.29, 1.82) is 0 Å². The van der Waals surface area contributed by atoms with Crippen molar-refractivity contribution in [1.82, 2.24) is 14.7 Å². The highest BCUT2D eigenvalue weighted by Gasteiger charge is 2.17. The lowest BCUT2D eigenvalue weighted by atomic mass is 10.0. The third kappa shape index (κ3) is 3.04. The Morgan fingerprint density at radius 2 is 1.92 bits per heavy atom. The van der Waals surface area contributed by atoms with Crippen molar-refractivity contribution in [3.8, 4) is 11.3 Å². The first kappa shape index (κ1) is 16.2. The van der Waals surface area contributed by atoms with E-state index < -0.39 is 0 Å². The summed E-state index contributed by atoms with van der Waals surface area (Å²) in [6.07, 6.45) is 2.32. The van der Waals surface area contributed by atoms with Gasteiger partial charge in [0, 0.05) is 18.3 Å². The van der Waals surface area contributed by atoms with Crippen molar-refractivity contribution in [3.05, 3.63) is 58.9 Å². The maximum absolute atomic E-state index is 12.2. The Bertz CT molecular complexity index is 909. The minimum Gasteiger partial charge on any atom is -0.356 e. The van der Waals surface area contributed by atoms with E-state index in [1.165, 1.54) is 11.1 Å². The second kappa shape index (κ2) is 6.48. The number of carbonyl (C=O) groups is 1. The minimum atomic E-state index is 0.0185. The number of nitrogens with zero attached hydrogens (tertiary/aromatic N) is 2. The Balaban J connectivity index is 2.17. The predicted octanol–water partition coefficient (Wildman–Crippen LogP) is 3.61. The normalized spacial score (nSPS) is 11.0. The van der Waals surface area contributed by atoms with E-state index in [4.69, 9.17) is 4.98 Å². The summed E-state index contributed by atoms with van der Waals surface area (Å²) in [4.78, 5) is 17.0. The molecule has 0 aliphatic heterocycles. The van der Waals surface area contributed by atoms with Crippen LogP contribution in [0, 0.1) is 20.8 Å². The first-order valence-electron chi connectivity index (χ1n) is 8.31. The van der Waals surface area contributed by atoms with Crippen LogP contribution in [0.5, 0.6) is 0 Å². The zero-order chi connectivity index (χ0) is 17.3. The summed E-state index contributed by atoms with van der Waals surface area (Å²) in [5, 5.41) is 2.88. The first-order valence-corrected chi connectivity index (χ1v) is 8.31. The number of likely N-dealkylation sites (N-methyl/N-ethyl adjacent to an activating group) is 1. The highest BCUT2D eigenvalue weighted by molar-refractivity contribution is 5.81. The van der Waals surface area contributed by atoms with E-state index in [-0.39, 0.29) is 5.91 Å². The maximum atomic E-state index is 12.2. The van der Waals surface area contributed by atoms with E-state index in [2.05, 4.69) is 37.4 Å². The SMILES string of the molecule is CCNC(=O)Cc1c(-c2ccc(C)c(C)c2)nc2cc(C)ccn12. The Labute approximate surface area is 142 Å². The lowest BCUT2D eigenvalue weighted by Crippen LogP contribution is -2.25. The standard InChI is InChI=1S/C20H23N3O/c1-5-21-19(24)12-17-20(16-7-6-14(3)15(4)11-16)22-18-10-13(2)8-9-23(17)18/h6-11H,5,12H2,1-4H3,(H,21,24). The number of hydrogen-bond acceptors (Lipinski definition) is 2. The fraction of sp³-hybridized carbons (Fsp3) is 0.300. The molecule has 0 bridgehead atoms. The van der Waals surface area contributed by atoms with Gasteiger partial charge in [0.25, 0.3) is 0 Å². The Kier molecular flexibility index (Phi) is 4.38. The third-order valence-corrected chi connectivity index (χ3v) is 4.36. The summed E-state index contributed by atoms with van der Waals surface area (Å²) < 4.78 is 2.02. The molecule has 4 nitrogen and oxygen atoms in total. The van der Waals surface area contributed by atoms with Crippen LogP contribution in [-0.4, -0.2) is 21.8 Å². The number of benzene rings is 1. The molecule has 1 amide bonds. The summed E-state index contributed by atoms with van der Waals surface area (Å²) in [7, 11) is 0. The van der Waals surface area contributed by atoms with Gasteiger partial charge in [0.05, 0.1) is 17.8 Å². The minimum absolute atomic E-state index is 0.0185. The van der Waals surface area contributed by atoms with E-state index in [0.717, 1.165) is 28.2 Å². The predicted molar refractivity (Wildman–Crippen MR) is 97.2 cm³/mol. The van der Waals surface area contributed by atoms with Gasteiger partial charge in [-0.3, -0.25) is 4.79 Å². The van der Waals surface area contributed by atoms with Gasteiger partial charge in [0.1, 0.15) is 5.65 Å². The molecule has 3 aromatic rings. The lowest BCUT2D eigenvalue weighted by Gasteiger charge is -2.08. The molecule has 0 saturated carbocycles. The molecule has 0 aliphatic carbocycles. The highest BCUT2D eigenvalue weighted by Crippen LogP contribution is 2.27. The van der Waals surface area contributed by atoms with Crippen LogP contribution in [-0.2, 0) is 11.2 Å². The van der Waals surface area contributed by atoms with Gasteiger partial charge in [-0.15, -0.1) is 0 Å². The van der Waals surface area contributed by atoms with Gasteiger partial charge < -0.3 is 9.72 Å². The maximum Gasteiger partial charge on any atom is 0.226 e. The summed E-state index contributed by atoms with van der Waals surface area (Å²) >= 11 is 0. The van der Waals surface area contributed by atoms with E-state index in [9.17, 15) is 4.79 Å². The molecule has 4 heteroatoms. The number of amides is 1. The van der Waals surface area contributed by atoms with E-state index >= 15 is 0 Å². The van der Waals surface area contributed by atoms with Gasteiger partial charge >= 0.3 is 0 Å². The van der Waals surface area contributed by atoms with Crippen LogP contribution in [0.15, 0.2) is 36.5 Å². The molecule has 24 heavy (non-hydrogen) atoms. The van der Waals surface area contributed by atoms with Crippen molar-refractivity contribution in [2.24, 2.45) is 0 Å². The second-order valence-electron chi connectivity index (χ2n) is 6.27. The first-order chi connectivity index (χ1) is 11.5. The Morgan fingerprint density at radius 1 is 1.12 bits per heavy atom. The molecule has 124 valence electrons.